The fraction of sp³-hybridized carbons (Fsp3) is 0.118. The number of carbonyl (C=O) groups excluding carboxylic acids is 1. The van der Waals surface area contributed by atoms with Crippen LogP contribution in [0.2, 0.25) is 5.02 Å². The predicted octanol–water partition coefficient (Wildman–Crippen LogP) is 2.14. The van der Waals surface area contributed by atoms with E-state index in [0.29, 0.717) is 10.9 Å². The van der Waals surface area contributed by atoms with Crippen LogP contribution in [0.1, 0.15) is 29.2 Å². The highest BCUT2D eigenvalue weighted by molar-refractivity contribution is 7.89. The van der Waals surface area contributed by atoms with Gasteiger partial charge in [0, 0.05) is 0 Å². The topological polar surface area (TPSA) is 132 Å². The Morgan fingerprint density at radius 3 is 2.67 bits per heavy atom. The van der Waals surface area contributed by atoms with E-state index in [9.17, 15) is 18.0 Å². The summed E-state index contributed by atoms with van der Waals surface area (Å²) in [6.07, 6.45) is -0.886. The summed E-state index contributed by atoms with van der Waals surface area (Å²) in [6.45, 7) is 1.53. The zero-order chi connectivity index (χ0) is 19.8. The number of halogens is 1. The summed E-state index contributed by atoms with van der Waals surface area (Å²) in [5, 5.41) is 5.38. The maximum absolute atomic E-state index is 12.3. The Balaban J connectivity index is 1.89. The van der Waals surface area contributed by atoms with E-state index >= 15 is 0 Å². The van der Waals surface area contributed by atoms with E-state index in [2.05, 4.69) is 9.97 Å². The number of para-hydroxylation sites is 1. The van der Waals surface area contributed by atoms with Crippen molar-refractivity contribution >= 4 is 38.5 Å². The summed E-state index contributed by atoms with van der Waals surface area (Å²) in [4.78, 5) is 30.9. The molecule has 2 aromatic carbocycles. The summed E-state index contributed by atoms with van der Waals surface area (Å²) < 4.78 is 28.3. The molecule has 0 spiro atoms. The number of aromatic nitrogens is 2. The number of sulfonamides is 1. The van der Waals surface area contributed by atoms with Gasteiger partial charge in [0.1, 0.15) is 4.90 Å². The first-order chi connectivity index (χ1) is 12.7. The van der Waals surface area contributed by atoms with Crippen molar-refractivity contribution in [3.05, 3.63) is 69.2 Å². The van der Waals surface area contributed by atoms with Crippen molar-refractivity contribution in [2.24, 2.45) is 5.14 Å². The summed E-state index contributed by atoms with van der Waals surface area (Å²) in [7, 11) is -4.10. The van der Waals surface area contributed by atoms with Crippen LogP contribution >= 0.6 is 11.6 Å². The molecule has 1 atom stereocenters. The maximum atomic E-state index is 12.3. The lowest BCUT2D eigenvalue weighted by molar-refractivity contribution is 0.0319. The van der Waals surface area contributed by atoms with Crippen LogP contribution in [0.15, 0.2) is 52.2 Å². The third-order valence-corrected chi connectivity index (χ3v) is 5.17. The number of fused-ring (bicyclic) bond motifs is 1. The molecule has 0 radical (unpaired) electrons. The van der Waals surface area contributed by atoms with Gasteiger partial charge in [-0.25, -0.2) is 23.3 Å². The van der Waals surface area contributed by atoms with E-state index in [4.69, 9.17) is 21.5 Å². The van der Waals surface area contributed by atoms with Crippen LogP contribution in [-0.2, 0) is 14.8 Å². The zero-order valence-electron chi connectivity index (χ0n) is 14.0. The summed E-state index contributed by atoms with van der Waals surface area (Å²) in [6, 6.07) is 10.3. The first-order valence-corrected chi connectivity index (χ1v) is 9.61. The smallest absolute Gasteiger partial charge is 0.338 e. The average molecular weight is 408 g/mol. The Morgan fingerprint density at radius 1 is 1.26 bits per heavy atom. The minimum absolute atomic E-state index is 0.0570. The molecule has 1 heterocycles. The minimum Gasteiger partial charge on any atom is -0.451 e. The Hall–Kier alpha value is -2.75. The number of H-pyrrole nitrogens is 1. The van der Waals surface area contributed by atoms with E-state index in [0.717, 1.165) is 6.07 Å². The second-order valence-corrected chi connectivity index (χ2v) is 7.64. The number of rotatable bonds is 4. The van der Waals surface area contributed by atoms with Crippen LogP contribution in [0.5, 0.6) is 0 Å². The SMILES string of the molecule is C[C@H](OC(=O)c1ccc(Cl)c(S(N)(=O)=O)c1)c1nc2ccccc2c(=O)[nH]1. The van der Waals surface area contributed by atoms with Crippen molar-refractivity contribution in [1.82, 2.24) is 9.97 Å². The third kappa shape index (κ3) is 4.00. The molecular formula is C17H14ClN3O5S. The molecule has 1 aromatic heterocycles. The highest BCUT2D eigenvalue weighted by Crippen LogP contribution is 2.23. The fourth-order valence-corrected chi connectivity index (χ4v) is 3.50. The molecule has 0 aliphatic carbocycles. The van der Waals surface area contributed by atoms with E-state index in [1.807, 2.05) is 0 Å². The van der Waals surface area contributed by atoms with Crippen LogP contribution < -0.4 is 10.7 Å². The molecule has 0 aliphatic heterocycles. The van der Waals surface area contributed by atoms with Gasteiger partial charge in [0.25, 0.3) is 5.56 Å². The minimum atomic E-state index is -4.10. The van der Waals surface area contributed by atoms with Gasteiger partial charge < -0.3 is 9.72 Å². The lowest BCUT2D eigenvalue weighted by Crippen LogP contribution is -2.18. The van der Waals surface area contributed by atoms with Gasteiger partial charge >= 0.3 is 5.97 Å². The fourth-order valence-electron chi connectivity index (χ4n) is 2.43. The Bertz CT molecular complexity index is 1210. The molecule has 0 saturated heterocycles. The van der Waals surface area contributed by atoms with E-state index in [1.165, 1.54) is 19.1 Å². The lowest BCUT2D eigenvalue weighted by atomic mass is 10.2. The van der Waals surface area contributed by atoms with Crippen LogP contribution in [-0.4, -0.2) is 24.4 Å². The quantitative estimate of drug-likeness (QED) is 0.636. The van der Waals surface area contributed by atoms with E-state index in [-0.39, 0.29) is 26.9 Å². The number of hydrogen-bond acceptors (Lipinski definition) is 6. The van der Waals surface area contributed by atoms with Gasteiger partial charge in [-0.3, -0.25) is 4.79 Å². The third-order valence-electron chi connectivity index (χ3n) is 3.77. The maximum Gasteiger partial charge on any atom is 0.338 e. The van der Waals surface area contributed by atoms with Crippen LogP contribution in [0.25, 0.3) is 10.9 Å². The molecule has 0 unspecified atom stereocenters. The zero-order valence-corrected chi connectivity index (χ0v) is 15.5. The summed E-state index contributed by atoms with van der Waals surface area (Å²) in [5.41, 5.74) is 0.0436. The predicted molar refractivity (Wildman–Crippen MR) is 99.0 cm³/mol. The van der Waals surface area contributed by atoms with Gasteiger partial charge in [0.2, 0.25) is 10.0 Å². The van der Waals surface area contributed by atoms with Crippen molar-refractivity contribution < 1.29 is 17.9 Å². The molecular weight excluding hydrogens is 394 g/mol. The lowest BCUT2D eigenvalue weighted by Gasteiger charge is -2.13. The van der Waals surface area contributed by atoms with Gasteiger partial charge in [-0.1, -0.05) is 23.7 Å². The monoisotopic (exact) mass is 407 g/mol. The van der Waals surface area contributed by atoms with Gasteiger partial charge in [0.05, 0.1) is 21.5 Å². The second-order valence-electron chi connectivity index (χ2n) is 5.71. The molecule has 3 N–H and O–H groups in total. The molecule has 0 bridgehead atoms. The highest BCUT2D eigenvalue weighted by Gasteiger charge is 2.20. The standard InChI is InChI=1S/C17H14ClN3O5S/c1-9(15-20-13-5-3-2-4-11(13)16(22)21-15)26-17(23)10-6-7-12(18)14(8-10)27(19,24)25/h2-9H,1H3,(H2,19,24,25)(H,20,21,22)/t9-/m0/s1. The van der Waals surface area contributed by atoms with Gasteiger partial charge in [-0.2, -0.15) is 0 Å². The van der Waals surface area contributed by atoms with Crippen LogP contribution in [0.3, 0.4) is 0 Å². The average Bonchev–Trinajstić information content (AvgIpc) is 2.61. The number of benzene rings is 2. The first kappa shape index (κ1) is 19.0. The summed E-state index contributed by atoms with van der Waals surface area (Å²) >= 11 is 5.80. The molecule has 0 saturated carbocycles. The summed E-state index contributed by atoms with van der Waals surface area (Å²) in [5.74, 6) is -0.660. The number of ether oxygens (including phenoxy) is 1. The highest BCUT2D eigenvalue weighted by atomic mass is 35.5. The molecule has 0 aliphatic rings. The second kappa shape index (κ2) is 7.10. The number of primary sulfonamides is 1. The molecule has 8 nitrogen and oxygen atoms in total. The molecule has 3 rings (SSSR count). The Labute approximate surface area is 159 Å². The van der Waals surface area contributed by atoms with Crippen molar-refractivity contribution in [1.29, 1.82) is 0 Å². The van der Waals surface area contributed by atoms with Crippen LogP contribution in [0, 0.1) is 0 Å². The number of hydrogen-bond donors (Lipinski definition) is 2. The van der Waals surface area contributed by atoms with E-state index < -0.39 is 22.1 Å². The first-order valence-electron chi connectivity index (χ1n) is 7.69. The number of carbonyl (C=O) groups is 1. The van der Waals surface area contributed by atoms with Gasteiger partial charge in [-0.05, 0) is 37.3 Å². The number of nitrogens with two attached hydrogens (primary N) is 1. The van der Waals surface area contributed by atoms with Crippen molar-refractivity contribution in [2.45, 2.75) is 17.9 Å². The van der Waals surface area contributed by atoms with E-state index in [1.54, 1.807) is 24.3 Å². The normalized spacial score (nSPS) is 12.7. The number of nitrogens with one attached hydrogen (secondary N) is 1. The Kier molecular flexibility index (Phi) is 5.01. The van der Waals surface area contributed by atoms with Crippen molar-refractivity contribution in [3.63, 3.8) is 0 Å². The van der Waals surface area contributed by atoms with Crippen molar-refractivity contribution in [3.8, 4) is 0 Å². The molecule has 10 heteroatoms. The molecule has 0 amide bonds. The van der Waals surface area contributed by atoms with Crippen molar-refractivity contribution in [2.75, 3.05) is 0 Å². The Morgan fingerprint density at radius 2 is 1.96 bits per heavy atom. The molecule has 27 heavy (non-hydrogen) atoms. The number of esters is 1. The van der Waals surface area contributed by atoms with Gasteiger partial charge in [-0.15, -0.1) is 0 Å². The number of nitrogens with zero attached hydrogens (tertiary/aromatic N) is 1. The largest absolute Gasteiger partial charge is 0.451 e. The van der Waals surface area contributed by atoms with Gasteiger partial charge in [0.15, 0.2) is 11.9 Å². The molecule has 3 aromatic rings. The molecule has 0 fully saturated rings. The number of aromatic amines is 1. The van der Waals surface area contributed by atoms with Crippen LogP contribution in [0.4, 0.5) is 0 Å². The molecule has 140 valence electrons.